The van der Waals surface area contributed by atoms with Crippen molar-refractivity contribution < 1.29 is 13.5 Å². The minimum Gasteiger partial charge on any atom is -0.378 e. The van der Waals surface area contributed by atoms with E-state index in [4.69, 9.17) is 21.3 Å². The van der Waals surface area contributed by atoms with Gasteiger partial charge in [0, 0.05) is 50.7 Å². The van der Waals surface area contributed by atoms with Crippen LogP contribution in [-0.4, -0.2) is 71.4 Å². The molecule has 36 heavy (non-hydrogen) atoms. The number of halogens is 3. The highest BCUT2D eigenvalue weighted by Gasteiger charge is 2.37. The van der Waals surface area contributed by atoms with Gasteiger partial charge in [0.2, 0.25) is 17.8 Å². The third-order valence-electron chi connectivity index (χ3n) is 6.26. The van der Waals surface area contributed by atoms with Gasteiger partial charge in [-0.2, -0.15) is 15.0 Å². The maximum atomic E-state index is 13.8. The number of benzene rings is 1. The minimum absolute atomic E-state index is 0.249. The van der Waals surface area contributed by atoms with Crippen LogP contribution in [0.5, 0.6) is 0 Å². The number of morpholine rings is 1. The Hall–Kier alpha value is -3.31. The van der Waals surface area contributed by atoms with E-state index in [1.54, 1.807) is 6.20 Å². The second kappa shape index (κ2) is 9.98. The van der Waals surface area contributed by atoms with Crippen molar-refractivity contribution in [2.24, 2.45) is 0 Å². The van der Waals surface area contributed by atoms with Crippen molar-refractivity contribution >= 4 is 41.0 Å². The molecule has 2 aromatic heterocycles. The maximum Gasteiger partial charge on any atom is 0.233 e. The standard InChI is InChI=1S/C24H27ClF2N8O/c1-24(2)15-34(20-17(25)4-3-7-28-20)8-9-35(24)23-31-21(29-16-5-6-18(26)19(27)14-16)30-22(32-23)33-10-12-36-13-11-33/h3-7,14H,8-13,15H2,1-2H3,(H,29,30,31,32). The van der Waals surface area contributed by atoms with Crippen molar-refractivity contribution in [1.29, 1.82) is 0 Å². The van der Waals surface area contributed by atoms with Gasteiger partial charge in [-0.05, 0) is 38.1 Å². The van der Waals surface area contributed by atoms with Gasteiger partial charge in [-0.1, -0.05) is 11.6 Å². The molecule has 12 heteroatoms. The van der Waals surface area contributed by atoms with E-state index < -0.39 is 11.6 Å². The fourth-order valence-corrected chi connectivity index (χ4v) is 4.70. The average molecular weight is 517 g/mol. The van der Waals surface area contributed by atoms with Gasteiger partial charge in [-0.15, -0.1) is 0 Å². The van der Waals surface area contributed by atoms with E-state index in [0.717, 1.165) is 18.0 Å². The first kappa shape index (κ1) is 24.4. The average Bonchev–Trinajstić information content (AvgIpc) is 2.86. The summed E-state index contributed by atoms with van der Waals surface area (Å²) in [4.78, 5) is 24.8. The Morgan fingerprint density at radius 2 is 1.72 bits per heavy atom. The van der Waals surface area contributed by atoms with Crippen LogP contribution in [0.1, 0.15) is 13.8 Å². The van der Waals surface area contributed by atoms with Crippen molar-refractivity contribution in [1.82, 2.24) is 19.9 Å². The van der Waals surface area contributed by atoms with Crippen LogP contribution in [0.2, 0.25) is 5.02 Å². The monoisotopic (exact) mass is 516 g/mol. The molecule has 0 amide bonds. The zero-order valence-corrected chi connectivity index (χ0v) is 20.8. The second-order valence-corrected chi connectivity index (χ2v) is 9.71. The Balaban J connectivity index is 1.46. The van der Waals surface area contributed by atoms with Crippen LogP contribution in [-0.2, 0) is 4.74 Å². The van der Waals surface area contributed by atoms with Crippen LogP contribution in [0, 0.1) is 11.6 Å². The van der Waals surface area contributed by atoms with Gasteiger partial charge >= 0.3 is 0 Å². The number of hydrogen-bond acceptors (Lipinski definition) is 9. The van der Waals surface area contributed by atoms with Crippen LogP contribution < -0.4 is 20.0 Å². The van der Waals surface area contributed by atoms with Gasteiger partial charge in [0.25, 0.3) is 0 Å². The highest BCUT2D eigenvalue weighted by molar-refractivity contribution is 6.32. The first-order valence-corrected chi connectivity index (χ1v) is 12.1. The van der Waals surface area contributed by atoms with Crippen molar-refractivity contribution in [3.8, 4) is 0 Å². The summed E-state index contributed by atoms with van der Waals surface area (Å²) in [5, 5.41) is 3.62. The van der Waals surface area contributed by atoms with Gasteiger partial charge in [0.15, 0.2) is 11.6 Å². The topological polar surface area (TPSA) is 82.5 Å². The quantitative estimate of drug-likeness (QED) is 0.543. The number of aromatic nitrogens is 4. The first-order chi connectivity index (χ1) is 17.3. The maximum absolute atomic E-state index is 13.8. The van der Waals surface area contributed by atoms with E-state index in [-0.39, 0.29) is 11.5 Å². The Morgan fingerprint density at radius 1 is 0.944 bits per heavy atom. The van der Waals surface area contributed by atoms with Gasteiger partial charge < -0.3 is 24.8 Å². The van der Waals surface area contributed by atoms with Gasteiger partial charge in [0.05, 0.1) is 23.8 Å². The molecule has 0 radical (unpaired) electrons. The molecular weight excluding hydrogens is 490 g/mol. The summed E-state index contributed by atoms with van der Waals surface area (Å²) in [6.45, 7) is 8.58. The molecule has 5 rings (SSSR count). The second-order valence-electron chi connectivity index (χ2n) is 9.31. The van der Waals surface area contributed by atoms with Crippen LogP contribution in [0.3, 0.4) is 0 Å². The lowest BCUT2D eigenvalue weighted by molar-refractivity contribution is 0.122. The lowest BCUT2D eigenvalue weighted by atomic mass is 9.99. The molecule has 0 aliphatic carbocycles. The first-order valence-electron chi connectivity index (χ1n) is 11.7. The molecule has 3 aromatic rings. The summed E-state index contributed by atoms with van der Waals surface area (Å²) in [5.74, 6) is 0.120. The fourth-order valence-electron chi connectivity index (χ4n) is 4.45. The smallest absolute Gasteiger partial charge is 0.233 e. The fraction of sp³-hybridized carbons (Fsp3) is 0.417. The molecule has 0 spiro atoms. The summed E-state index contributed by atoms with van der Waals surface area (Å²) in [6.07, 6.45) is 1.73. The molecule has 2 saturated heterocycles. The molecule has 1 N–H and O–H groups in total. The van der Waals surface area contributed by atoms with E-state index in [1.165, 1.54) is 6.07 Å². The number of hydrogen-bond donors (Lipinski definition) is 1. The predicted molar refractivity (Wildman–Crippen MR) is 135 cm³/mol. The number of pyridine rings is 1. The van der Waals surface area contributed by atoms with Gasteiger partial charge in [0.1, 0.15) is 5.82 Å². The molecule has 0 atom stereocenters. The molecule has 1 aromatic carbocycles. The summed E-state index contributed by atoms with van der Waals surface area (Å²) in [5.41, 5.74) is -0.0324. The van der Waals surface area contributed by atoms with E-state index in [0.29, 0.717) is 68.5 Å². The zero-order chi connectivity index (χ0) is 25.3. The molecule has 0 unspecified atom stereocenters. The largest absolute Gasteiger partial charge is 0.378 e. The van der Waals surface area contributed by atoms with E-state index in [2.05, 4.69) is 43.9 Å². The summed E-state index contributed by atoms with van der Waals surface area (Å²) in [7, 11) is 0. The van der Waals surface area contributed by atoms with Crippen LogP contribution in [0.25, 0.3) is 0 Å². The van der Waals surface area contributed by atoms with Gasteiger partial charge in [-0.3, -0.25) is 0 Å². The zero-order valence-electron chi connectivity index (χ0n) is 20.1. The number of rotatable bonds is 5. The molecule has 9 nitrogen and oxygen atoms in total. The molecule has 0 bridgehead atoms. The summed E-state index contributed by atoms with van der Waals surface area (Å²) >= 11 is 6.40. The highest BCUT2D eigenvalue weighted by Crippen LogP contribution is 2.32. The van der Waals surface area contributed by atoms with Crippen molar-refractivity contribution in [2.45, 2.75) is 19.4 Å². The van der Waals surface area contributed by atoms with Crippen LogP contribution in [0.4, 0.5) is 38.1 Å². The van der Waals surface area contributed by atoms with E-state index in [1.807, 2.05) is 17.0 Å². The summed E-state index contributed by atoms with van der Waals surface area (Å²) in [6, 6.07) is 7.22. The van der Waals surface area contributed by atoms with Crippen molar-refractivity contribution in [2.75, 3.05) is 66.0 Å². The number of piperazine rings is 1. The van der Waals surface area contributed by atoms with Crippen molar-refractivity contribution in [3.05, 3.63) is 53.2 Å². The van der Waals surface area contributed by atoms with Crippen molar-refractivity contribution in [3.63, 3.8) is 0 Å². The molecule has 2 aliphatic heterocycles. The third kappa shape index (κ3) is 5.12. The van der Waals surface area contributed by atoms with Crippen LogP contribution in [0.15, 0.2) is 36.5 Å². The molecule has 2 fully saturated rings. The number of ether oxygens (including phenoxy) is 1. The Kier molecular flexibility index (Phi) is 6.76. The number of anilines is 5. The summed E-state index contributed by atoms with van der Waals surface area (Å²) < 4.78 is 32.7. The molecule has 190 valence electrons. The predicted octanol–water partition coefficient (Wildman–Crippen LogP) is 3.88. The molecule has 0 saturated carbocycles. The highest BCUT2D eigenvalue weighted by atomic mass is 35.5. The molecular formula is C24H27ClF2N8O. The van der Waals surface area contributed by atoms with E-state index >= 15 is 0 Å². The molecule has 2 aliphatic rings. The Bertz CT molecular complexity index is 1240. The van der Waals surface area contributed by atoms with E-state index in [9.17, 15) is 8.78 Å². The Labute approximate surface area is 213 Å². The minimum atomic E-state index is -0.951. The SMILES string of the molecule is CC1(C)CN(c2ncccc2Cl)CCN1c1nc(Nc2ccc(F)c(F)c2)nc(N2CCOCC2)n1. The lowest BCUT2D eigenvalue weighted by Crippen LogP contribution is -2.60. The normalized spacial score (nSPS) is 17.9. The van der Waals surface area contributed by atoms with Crippen LogP contribution >= 0.6 is 11.6 Å². The van der Waals surface area contributed by atoms with Gasteiger partial charge in [-0.25, -0.2) is 13.8 Å². The lowest BCUT2D eigenvalue weighted by Gasteiger charge is -2.47. The molecule has 4 heterocycles. The Morgan fingerprint density at radius 3 is 2.44 bits per heavy atom. The number of nitrogens with zero attached hydrogens (tertiary/aromatic N) is 7. The number of nitrogens with one attached hydrogen (secondary N) is 1. The third-order valence-corrected chi connectivity index (χ3v) is 6.56.